The summed E-state index contributed by atoms with van der Waals surface area (Å²) in [4.78, 5) is 23.8. The van der Waals surface area contributed by atoms with Crippen molar-refractivity contribution >= 4 is 6.29 Å². The molecule has 16 heavy (non-hydrogen) atoms. The standard InChI is InChI=1S/C8H6F3NO4/c1-15-6-2-5(14)7(4(3-13)12-6)16-8(9,10)11/h2-3H,1H3,(H,12,14). The van der Waals surface area contributed by atoms with Crippen LogP contribution in [-0.2, 0) is 0 Å². The third-order valence-corrected chi connectivity index (χ3v) is 1.54. The lowest BCUT2D eigenvalue weighted by molar-refractivity contribution is -0.275. The van der Waals surface area contributed by atoms with Crippen molar-refractivity contribution in [3.05, 3.63) is 22.0 Å². The highest BCUT2D eigenvalue weighted by Gasteiger charge is 2.33. The van der Waals surface area contributed by atoms with Gasteiger partial charge in [-0.05, 0) is 0 Å². The maximum Gasteiger partial charge on any atom is 0.573 e. The van der Waals surface area contributed by atoms with Crippen molar-refractivity contribution in [3.63, 3.8) is 0 Å². The number of carbonyl (C=O) groups excluding carboxylic acids is 1. The Labute approximate surface area is 86.8 Å². The first-order valence-corrected chi connectivity index (χ1v) is 3.89. The molecule has 1 rings (SSSR count). The van der Waals surface area contributed by atoms with E-state index in [2.05, 4.69) is 14.5 Å². The highest BCUT2D eigenvalue weighted by Crippen LogP contribution is 2.22. The van der Waals surface area contributed by atoms with E-state index in [4.69, 9.17) is 0 Å². The summed E-state index contributed by atoms with van der Waals surface area (Å²) >= 11 is 0. The smallest absolute Gasteiger partial charge is 0.482 e. The molecule has 0 atom stereocenters. The first-order chi connectivity index (χ1) is 7.37. The van der Waals surface area contributed by atoms with E-state index < -0.39 is 23.2 Å². The molecule has 0 saturated heterocycles. The molecule has 5 nitrogen and oxygen atoms in total. The molecule has 88 valence electrons. The maximum absolute atomic E-state index is 11.9. The summed E-state index contributed by atoms with van der Waals surface area (Å²) in [6.45, 7) is 0. The fourth-order valence-corrected chi connectivity index (χ4v) is 0.957. The van der Waals surface area contributed by atoms with Crippen molar-refractivity contribution in [1.82, 2.24) is 4.98 Å². The molecule has 1 aromatic rings. The molecular weight excluding hydrogens is 231 g/mol. The summed E-state index contributed by atoms with van der Waals surface area (Å²) in [7, 11) is 1.18. The van der Waals surface area contributed by atoms with Gasteiger partial charge in [0.15, 0.2) is 12.2 Å². The van der Waals surface area contributed by atoms with Gasteiger partial charge in [0.05, 0.1) is 7.11 Å². The van der Waals surface area contributed by atoms with Gasteiger partial charge in [-0.3, -0.25) is 9.59 Å². The predicted molar refractivity (Wildman–Crippen MR) is 45.7 cm³/mol. The van der Waals surface area contributed by atoms with Gasteiger partial charge in [0.2, 0.25) is 11.2 Å². The molecular formula is C8H6F3NO4. The number of rotatable bonds is 3. The number of aromatic amines is 1. The highest BCUT2D eigenvalue weighted by atomic mass is 19.4. The molecule has 0 aromatic carbocycles. The number of ether oxygens (including phenoxy) is 2. The summed E-state index contributed by atoms with van der Waals surface area (Å²) in [6, 6.07) is 0.744. The molecule has 0 fully saturated rings. The Morgan fingerprint density at radius 3 is 2.50 bits per heavy atom. The van der Waals surface area contributed by atoms with E-state index in [1.807, 2.05) is 0 Å². The molecule has 0 aliphatic heterocycles. The Morgan fingerprint density at radius 1 is 1.44 bits per heavy atom. The van der Waals surface area contributed by atoms with Crippen LogP contribution in [0.1, 0.15) is 10.5 Å². The van der Waals surface area contributed by atoms with E-state index in [1.165, 1.54) is 7.11 Å². The normalized spacial score (nSPS) is 11.0. The first-order valence-electron chi connectivity index (χ1n) is 3.89. The Morgan fingerprint density at radius 2 is 2.06 bits per heavy atom. The molecule has 0 spiro atoms. The van der Waals surface area contributed by atoms with Gasteiger partial charge >= 0.3 is 6.36 Å². The van der Waals surface area contributed by atoms with Gasteiger partial charge in [-0.25, -0.2) is 0 Å². The summed E-state index contributed by atoms with van der Waals surface area (Å²) in [5.41, 5.74) is -1.74. The molecule has 0 aliphatic carbocycles. The zero-order chi connectivity index (χ0) is 12.3. The Hall–Kier alpha value is -1.99. The maximum atomic E-state index is 11.9. The van der Waals surface area contributed by atoms with Crippen LogP contribution in [0.25, 0.3) is 0 Å². The molecule has 0 aliphatic rings. The number of hydrogen-bond donors (Lipinski definition) is 1. The Bertz CT molecular complexity index is 452. The lowest BCUT2D eigenvalue weighted by Gasteiger charge is -2.10. The molecule has 0 radical (unpaired) electrons. The predicted octanol–water partition coefficient (Wildman–Crippen LogP) is 1.09. The number of carbonyl (C=O) groups is 1. The second-order valence-corrected chi connectivity index (χ2v) is 2.61. The number of H-pyrrole nitrogens is 1. The summed E-state index contributed by atoms with van der Waals surface area (Å²) < 4.78 is 43.7. The summed E-state index contributed by atoms with van der Waals surface area (Å²) in [5.74, 6) is -1.25. The van der Waals surface area contributed by atoms with Gasteiger partial charge in [-0.15, -0.1) is 13.2 Å². The number of methoxy groups -OCH3 is 1. The number of hydrogen-bond acceptors (Lipinski definition) is 4. The van der Waals surface area contributed by atoms with Crippen LogP contribution in [0.2, 0.25) is 0 Å². The van der Waals surface area contributed by atoms with Crippen LogP contribution in [0.5, 0.6) is 11.6 Å². The number of aldehydes is 1. The second kappa shape index (κ2) is 4.25. The van der Waals surface area contributed by atoms with Crippen LogP contribution in [-0.4, -0.2) is 24.7 Å². The summed E-state index contributed by atoms with van der Waals surface area (Å²) in [6.07, 6.45) is -5.01. The van der Waals surface area contributed by atoms with E-state index in [1.54, 1.807) is 0 Å². The average molecular weight is 237 g/mol. The van der Waals surface area contributed by atoms with Crippen LogP contribution in [0.15, 0.2) is 10.9 Å². The van der Waals surface area contributed by atoms with Crippen molar-refractivity contribution < 1.29 is 27.4 Å². The fraction of sp³-hybridized carbons (Fsp3) is 0.250. The minimum atomic E-state index is -5.04. The number of pyridine rings is 1. The van der Waals surface area contributed by atoms with Gasteiger partial charge in [0.25, 0.3) is 0 Å². The largest absolute Gasteiger partial charge is 0.573 e. The van der Waals surface area contributed by atoms with Gasteiger partial charge < -0.3 is 14.5 Å². The van der Waals surface area contributed by atoms with Gasteiger partial charge in [0.1, 0.15) is 5.69 Å². The number of nitrogens with one attached hydrogen (secondary N) is 1. The number of aromatic nitrogens is 1. The number of alkyl halides is 3. The second-order valence-electron chi connectivity index (χ2n) is 2.61. The van der Waals surface area contributed by atoms with Crippen molar-refractivity contribution in [3.8, 4) is 11.6 Å². The quantitative estimate of drug-likeness (QED) is 0.799. The third-order valence-electron chi connectivity index (χ3n) is 1.54. The monoisotopic (exact) mass is 237 g/mol. The number of halogens is 3. The molecule has 0 bridgehead atoms. The minimum Gasteiger partial charge on any atom is -0.482 e. The molecule has 0 amide bonds. The Kier molecular flexibility index (Phi) is 3.21. The van der Waals surface area contributed by atoms with Crippen LogP contribution in [0.3, 0.4) is 0 Å². The van der Waals surface area contributed by atoms with Crippen LogP contribution < -0.4 is 14.9 Å². The van der Waals surface area contributed by atoms with Crippen molar-refractivity contribution in [2.45, 2.75) is 6.36 Å². The molecule has 1 heterocycles. The van der Waals surface area contributed by atoms with Crippen molar-refractivity contribution in [2.75, 3.05) is 7.11 Å². The van der Waals surface area contributed by atoms with Crippen LogP contribution >= 0.6 is 0 Å². The SMILES string of the molecule is COc1cc(=O)c(OC(F)(F)F)c(C=O)[nH]1. The van der Waals surface area contributed by atoms with Gasteiger partial charge in [-0.1, -0.05) is 0 Å². The fourth-order valence-electron chi connectivity index (χ4n) is 0.957. The lowest BCUT2D eigenvalue weighted by atomic mass is 10.3. The average Bonchev–Trinajstić information content (AvgIpc) is 2.19. The van der Waals surface area contributed by atoms with E-state index in [0.717, 1.165) is 6.07 Å². The zero-order valence-corrected chi connectivity index (χ0v) is 7.92. The molecule has 0 unspecified atom stereocenters. The molecule has 0 saturated carbocycles. The third kappa shape index (κ3) is 2.75. The van der Waals surface area contributed by atoms with E-state index in [9.17, 15) is 22.8 Å². The molecule has 8 heteroatoms. The van der Waals surface area contributed by atoms with E-state index >= 15 is 0 Å². The molecule has 1 aromatic heterocycles. The van der Waals surface area contributed by atoms with Crippen molar-refractivity contribution in [2.24, 2.45) is 0 Å². The minimum absolute atomic E-state index is 0.0327. The van der Waals surface area contributed by atoms with Crippen LogP contribution in [0, 0.1) is 0 Å². The van der Waals surface area contributed by atoms with Gasteiger partial charge in [0, 0.05) is 6.07 Å². The van der Waals surface area contributed by atoms with E-state index in [0.29, 0.717) is 0 Å². The lowest BCUT2D eigenvalue weighted by Crippen LogP contribution is -2.23. The van der Waals surface area contributed by atoms with Gasteiger partial charge in [-0.2, -0.15) is 0 Å². The molecule has 1 N–H and O–H groups in total. The highest BCUT2D eigenvalue weighted by molar-refractivity contribution is 5.76. The summed E-state index contributed by atoms with van der Waals surface area (Å²) in [5, 5.41) is 0. The topological polar surface area (TPSA) is 68.4 Å². The first kappa shape index (κ1) is 12.1. The zero-order valence-electron chi connectivity index (χ0n) is 7.92. The Balaban J connectivity index is 3.28. The van der Waals surface area contributed by atoms with Crippen molar-refractivity contribution in [1.29, 1.82) is 0 Å². The van der Waals surface area contributed by atoms with Crippen LogP contribution in [0.4, 0.5) is 13.2 Å². The van der Waals surface area contributed by atoms with E-state index in [-0.39, 0.29) is 12.2 Å².